The molecular weight excluding hydrogens is 202 g/mol. The number of morpholine rings is 1. The summed E-state index contributed by atoms with van der Waals surface area (Å²) in [5.41, 5.74) is 0. The van der Waals surface area contributed by atoms with Crippen LogP contribution in [-0.4, -0.2) is 49.0 Å². The highest BCUT2D eigenvalue weighted by molar-refractivity contribution is 5.12. The Hall–Kier alpha value is -0.640. The number of nitrogens with zero attached hydrogens (tertiary/aromatic N) is 1. The number of aliphatic hydroxyl groups excluding tert-OH is 1. The van der Waals surface area contributed by atoms with E-state index in [9.17, 15) is 5.11 Å². The van der Waals surface area contributed by atoms with Crippen LogP contribution in [0.2, 0.25) is 0 Å². The van der Waals surface area contributed by atoms with Crippen LogP contribution in [-0.2, 0) is 4.74 Å². The Bertz CT molecular complexity index is 257. The fourth-order valence-corrected chi connectivity index (χ4v) is 2.24. The summed E-state index contributed by atoms with van der Waals surface area (Å²) in [6.07, 6.45) is 9.96. The van der Waals surface area contributed by atoms with Gasteiger partial charge in [0.1, 0.15) is 0 Å². The molecule has 0 aromatic heterocycles. The molecule has 3 heteroatoms. The first kappa shape index (κ1) is 11.8. The highest BCUT2D eigenvalue weighted by Crippen LogP contribution is 2.18. The fraction of sp³-hybridized carbons (Fsp3) is 0.692. The van der Waals surface area contributed by atoms with Gasteiger partial charge in [-0.3, -0.25) is 4.90 Å². The molecule has 0 amide bonds. The van der Waals surface area contributed by atoms with Gasteiger partial charge in [0.25, 0.3) is 0 Å². The maximum absolute atomic E-state index is 10.1. The lowest BCUT2D eigenvalue weighted by atomic mass is 9.93. The second-order valence-corrected chi connectivity index (χ2v) is 4.52. The van der Waals surface area contributed by atoms with E-state index in [4.69, 9.17) is 4.74 Å². The normalized spacial score (nSPS) is 28.2. The summed E-state index contributed by atoms with van der Waals surface area (Å²) in [5.74, 6) is 0.311. The quantitative estimate of drug-likeness (QED) is 0.777. The van der Waals surface area contributed by atoms with E-state index in [0.717, 1.165) is 45.7 Å². The standard InChI is InChI=1S/C13H21NO2/c15-13(12-4-2-1-3-5-12)6-7-14-8-10-16-11-9-14/h1-4,12-13,15H,5-11H2/t12?,13-/m1/s1. The van der Waals surface area contributed by atoms with Gasteiger partial charge in [-0.2, -0.15) is 0 Å². The molecule has 2 atom stereocenters. The van der Waals surface area contributed by atoms with Gasteiger partial charge in [-0.15, -0.1) is 0 Å². The Balaban J connectivity index is 1.68. The zero-order valence-electron chi connectivity index (χ0n) is 9.72. The van der Waals surface area contributed by atoms with Crippen molar-refractivity contribution in [2.75, 3.05) is 32.8 Å². The molecule has 0 spiro atoms. The average molecular weight is 223 g/mol. The van der Waals surface area contributed by atoms with E-state index in [1.165, 1.54) is 0 Å². The molecule has 3 nitrogen and oxygen atoms in total. The Kier molecular flexibility index (Phi) is 4.57. The minimum absolute atomic E-state index is 0.205. The first-order valence-electron chi connectivity index (χ1n) is 6.18. The minimum atomic E-state index is -0.205. The SMILES string of the molecule is O[C@H](CCN1CCOCC1)C1C=CC=CC1. The van der Waals surface area contributed by atoms with E-state index in [1.54, 1.807) is 0 Å². The fourth-order valence-electron chi connectivity index (χ4n) is 2.24. The summed E-state index contributed by atoms with van der Waals surface area (Å²) in [7, 11) is 0. The van der Waals surface area contributed by atoms with Crippen molar-refractivity contribution in [1.29, 1.82) is 0 Å². The van der Waals surface area contributed by atoms with Gasteiger partial charge in [0.2, 0.25) is 0 Å². The van der Waals surface area contributed by atoms with Crippen LogP contribution in [0.15, 0.2) is 24.3 Å². The van der Waals surface area contributed by atoms with Crippen LogP contribution in [0.1, 0.15) is 12.8 Å². The molecule has 1 fully saturated rings. The van der Waals surface area contributed by atoms with E-state index in [0.29, 0.717) is 5.92 Å². The Morgan fingerprint density at radius 1 is 1.31 bits per heavy atom. The van der Waals surface area contributed by atoms with Gasteiger partial charge in [0.05, 0.1) is 19.3 Å². The monoisotopic (exact) mass is 223 g/mol. The van der Waals surface area contributed by atoms with Crippen LogP contribution >= 0.6 is 0 Å². The summed E-state index contributed by atoms with van der Waals surface area (Å²) < 4.78 is 5.30. The Morgan fingerprint density at radius 2 is 2.12 bits per heavy atom. The van der Waals surface area contributed by atoms with Crippen LogP contribution < -0.4 is 0 Å². The molecule has 0 saturated carbocycles. The Morgan fingerprint density at radius 3 is 2.81 bits per heavy atom. The third-order valence-electron chi connectivity index (χ3n) is 3.35. The molecule has 1 N–H and O–H groups in total. The number of ether oxygens (including phenoxy) is 1. The van der Waals surface area contributed by atoms with Crippen LogP contribution in [0.3, 0.4) is 0 Å². The van der Waals surface area contributed by atoms with E-state index in [2.05, 4.69) is 17.1 Å². The third kappa shape index (κ3) is 3.44. The lowest BCUT2D eigenvalue weighted by Gasteiger charge is -2.28. The summed E-state index contributed by atoms with van der Waals surface area (Å²) in [4.78, 5) is 2.37. The van der Waals surface area contributed by atoms with E-state index in [-0.39, 0.29) is 6.10 Å². The minimum Gasteiger partial charge on any atom is -0.392 e. The predicted octanol–water partition coefficient (Wildman–Crippen LogP) is 1.20. The molecule has 0 aromatic rings. The number of rotatable bonds is 4. The molecule has 16 heavy (non-hydrogen) atoms. The summed E-state index contributed by atoms with van der Waals surface area (Å²) in [5, 5.41) is 10.1. The number of hydrogen-bond acceptors (Lipinski definition) is 3. The van der Waals surface area contributed by atoms with Gasteiger partial charge >= 0.3 is 0 Å². The van der Waals surface area contributed by atoms with Crippen LogP contribution in [0.5, 0.6) is 0 Å². The average Bonchev–Trinajstić information content (AvgIpc) is 2.38. The van der Waals surface area contributed by atoms with Gasteiger partial charge < -0.3 is 9.84 Å². The third-order valence-corrected chi connectivity index (χ3v) is 3.35. The number of aliphatic hydroxyl groups is 1. The van der Waals surface area contributed by atoms with Crippen molar-refractivity contribution in [3.63, 3.8) is 0 Å². The number of hydrogen-bond donors (Lipinski definition) is 1. The highest BCUT2D eigenvalue weighted by Gasteiger charge is 2.18. The Labute approximate surface area is 97.4 Å². The summed E-state index contributed by atoms with van der Waals surface area (Å²) >= 11 is 0. The molecule has 0 radical (unpaired) electrons. The van der Waals surface area contributed by atoms with Gasteiger partial charge in [-0.05, 0) is 12.8 Å². The maximum Gasteiger partial charge on any atom is 0.0618 e. The molecule has 0 aromatic carbocycles. The van der Waals surface area contributed by atoms with Crippen molar-refractivity contribution in [3.8, 4) is 0 Å². The largest absolute Gasteiger partial charge is 0.392 e. The van der Waals surface area contributed by atoms with Crippen molar-refractivity contribution in [3.05, 3.63) is 24.3 Å². The molecular formula is C13H21NO2. The molecule has 1 unspecified atom stereocenters. The van der Waals surface area contributed by atoms with E-state index >= 15 is 0 Å². The van der Waals surface area contributed by atoms with Crippen LogP contribution in [0.25, 0.3) is 0 Å². The van der Waals surface area contributed by atoms with Crippen molar-refractivity contribution < 1.29 is 9.84 Å². The molecule has 1 heterocycles. The van der Waals surface area contributed by atoms with Crippen molar-refractivity contribution in [2.24, 2.45) is 5.92 Å². The smallest absolute Gasteiger partial charge is 0.0618 e. The lowest BCUT2D eigenvalue weighted by molar-refractivity contribution is 0.0265. The lowest BCUT2D eigenvalue weighted by Crippen LogP contribution is -2.38. The highest BCUT2D eigenvalue weighted by atomic mass is 16.5. The van der Waals surface area contributed by atoms with Gasteiger partial charge in [0.15, 0.2) is 0 Å². The molecule has 2 rings (SSSR count). The summed E-state index contributed by atoms with van der Waals surface area (Å²) in [6.45, 7) is 4.67. The van der Waals surface area contributed by atoms with Crippen LogP contribution in [0, 0.1) is 5.92 Å². The van der Waals surface area contributed by atoms with Crippen LogP contribution in [0.4, 0.5) is 0 Å². The first-order valence-corrected chi connectivity index (χ1v) is 6.18. The van der Waals surface area contributed by atoms with Gasteiger partial charge in [-0.25, -0.2) is 0 Å². The molecule has 1 aliphatic heterocycles. The topological polar surface area (TPSA) is 32.7 Å². The van der Waals surface area contributed by atoms with E-state index in [1.807, 2.05) is 12.2 Å². The second-order valence-electron chi connectivity index (χ2n) is 4.52. The molecule has 90 valence electrons. The molecule has 1 saturated heterocycles. The molecule has 2 aliphatic rings. The maximum atomic E-state index is 10.1. The van der Waals surface area contributed by atoms with Crippen molar-refractivity contribution in [2.45, 2.75) is 18.9 Å². The summed E-state index contributed by atoms with van der Waals surface area (Å²) in [6, 6.07) is 0. The second kappa shape index (κ2) is 6.18. The van der Waals surface area contributed by atoms with Gasteiger partial charge in [0, 0.05) is 25.6 Å². The predicted molar refractivity (Wildman–Crippen MR) is 64.3 cm³/mol. The van der Waals surface area contributed by atoms with Crippen molar-refractivity contribution in [1.82, 2.24) is 4.90 Å². The zero-order valence-corrected chi connectivity index (χ0v) is 9.72. The molecule has 1 aliphatic carbocycles. The first-order chi connectivity index (χ1) is 7.86. The number of allylic oxidation sites excluding steroid dienone is 3. The van der Waals surface area contributed by atoms with Crippen molar-refractivity contribution >= 4 is 0 Å². The van der Waals surface area contributed by atoms with E-state index < -0.39 is 0 Å². The zero-order chi connectivity index (χ0) is 11.2. The molecule has 0 bridgehead atoms. The van der Waals surface area contributed by atoms with Gasteiger partial charge in [-0.1, -0.05) is 24.3 Å².